The van der Waals surface area contributed by atoms with Gasteiger partial charge in [-0.3, -0.25) is 0 Å². The monoisotopic (exact) mass is 213 g/mol. The summed E-state index contributed by atoms with van der Waals surface area (Å²) in [6.45, 7) is 3.32. The molecule has 2 unspecified atom stereocenters. The Morgan fingerprint density at radius 3 is 2.80 bits per heavy atom. The van der Waals surface area contributed by atoms with E-state index in [-0.39, 0.29) is 6.61 Å². The number of hydrogen-bond acceptors (Lipinski definition) is 2. The Kier molecular flexibility index (Phi) is 7.03. The fourth-order valence-electron chi connectivity index (χ4n) is 2.73. The summed E-state index contributed by atoms with van der Waals surface area (Å²) >= 11 is 0. The normalized spacial score (nSPS) is 26.0. The first-order valence-electron chi connectivity index (χ1n) is 6.72. The predicted octanol–water partition coefficient (Wildman–Crippen LogP) is 2.71. The Labute approximate surface area is 94.5 Å². The van der Waals surface area contributed by atoms with Gasteiger partial charge in [-0.1, -0.05) is 39.0 Å². The van der Waals surface area contributed by atoms with Gasteiger partial charge in [0.25, 0.3) is 0 Å². The molecule has 0 heterocycles. The van der Waals surface area contributed by atoms with Crippen LogP contribution in [0.25, 0.3) is 0 Å². The highest BCUT2D eigenvalue weighted by Crippen LogP contribution is 2.29. The molecule has 0 bridgehead atoms. The maximum Gasteiger partial charge on any atom is 0.0556 e. The molecule has 0 amide bonds. The molecule has 1 saturated carbocycles. The van der Waals surface area contributed by atoms with Crippen molar-refractivity contribution in [2.24, 2.45) is 5.92 Å². The van der Waals surface area contributed by atoms with Crippen molar-refractivity contribution in [3.8, 4) is 0 Å². The molecule has 0 aromatic heterocycles. The van der Waals surface area contributed by atoms with Crippen molar-refractivity contribution in [2.45, 2.75) is 64.3 Å². The fourth-order valence-corrected chi connectivity index (χ4v) is 2.73. The SMILES string of the molecule is CCCCCCC1CCCC1NCCO. The lowest BCUT2D eigenvalue weighted by atomic mass is 9.96. The van der Waals surface area contributed by atoms with E-state index in [0.717, 1.165) is 12.5 Å². The molecule has 1 aliphatic rings. The largest absolute Gasteiger partial charge is 0.395 e. The van der Waals surface area contributed by atoms with Crippen molar-refractivity contribution in [3.63, 3.8) is 0 Å². The molecule has 15 heavy (non-hydrogen) atoms. The summed E-state index contributed by atoms with van der Waals surface area (Å²) in [5.74, 6) is 0.883. The van der Waals surface area contributed by atoms with Crippen LogP contribution in [0.5, 0.6) is 0 Å². The molecule has 1 fully saturated rings. The van der Waals surface area contributed by atoms with Crippen LogP contribution in [0.15, 0.2) is 0 Å². The molecule has 2 heteroatoms. The zero-order valence-electron chi connectivity index (χ0n) is 10.2. The van der Waals surface area contributed by atoms with Crippen molar-refractivity contribution in [1.29, 1.82) is 0 Å². The van der Waals surface area contributed by atoms with E-state index in [4.69, 9.17) is 5.11 Å². The van der Waals surface area contributed by atoms with Gasteiger partial charge in [-0.2, -0.15) is 0 Å². The van der Waals surface area contributed by atoms with Gasteiger partial charge in [-0.25, -0.2) is 0 Å². The van der Waals surface area contributed by atoms with Gasteiger partial charge in [0.05, 0.1) is 6.61 Å². The molecule has 0 aromatic rings. The van der Waals surface area contributed by atoms with Crippen LogP contribution in [0.1, 0.15) is 58.3 Å². The minimum Gasteiger partial charge on any atom is -0.395 e. The van der Waals surface area contributed by atoms with Gasteiger partial charge >= 0.3 is 0 Å². The molecule has 0 aromatic carbocycles. The molecule has 1 aliphatic carbocycles. The number of aliphatic hydroxyl groups excluding tert-OH is 1. The second kappa shape index (κ2) is 8.12. The highest BCUT2D eigenvalue weighted by Gasteiger charge is 2.25. The van der Waals surface area contributed by atoms with Crippen LogP contribution in [-0.2, 0) is 0 Å². The summed E-state index contributed by atoms with van der Waals surface area (Å²) in [5, 5.41) is 12.3. The Morgan fingerprint density at radius 2 is 2.07 bits per heavy atom. The second-order valence-electron chi connectivity index (χ2n) is 4.82. The number of rotatable bonds is 8. The molecule has 90 valence electrons. The topological polar surface area (TPSA) is 32.3 Å². The highest BCUT2D eigenvalue weighted by atomic mass is 16.3. The van der Waals surface area contributed by atoms with Gasteiger partial charge in [0.1, 0.15) is 0 Å². The lowest BCUT2D eigenvalue weighted by molar-refractivity contribution is 0.271. The van der Waals surface area contributed by atoms with E-state index in [0.29, 0.717) is 6.04 Å². The minimum absolute atomic E-state index is 0.277. The van der Waals surface area contributed by atoms with Gasteiger partial charge in [-0.05, 0) is 25.2 Å². The number of nitrogens with one attached hydrogen (secondary N) is 1. The van der Waals surface area contributed by atoms with Crippen LogP contribution in [0, 0.1) is 5.92 Å². The molecular formula is C13H27NO. The Hall–Kier alpha value is -0.0800. The molecule has 1 rings (SSSR count). The summed E-state index contributed by atoms with van der Waals surface area (Å²) in [7, 11) is 0. The van der Waals surface area contributed by atoms with Gasteiger partial charge in [-0.15, -0.1) is 0 Å². The molecule has 0 radical (unpaired) electrons. The first-order valence-corrected chi connectivity index (χ1v) is 6.72. The van der Waals surface area contributed by atoms with Crippen LogP contribution >= 0.6 is 0 Å². The quantitative estimate of drug-likeness (QED) is 0.608. The second-order valence-corrected chi connectivity index (χ2v) is 4.82. The Balaban J connectivity index is 2.09. The van der Waals surface area contributed by atoms with Crippen LogP contribution in [0.3, 0.4) is 0 Å². The summed E-state index contributed by atoms with van der Waals surface area (Å²) in [5.41, 5.74) is 0. The number of hydrogen-bond donors (Lipinski definition) is 2. The van der Waals surface area contributed by atoms with Crippen LogP contribution in [-0.4, -0.2) is 24.3 Å². The Bertz CT molecular complexity index is 149. The van der Waals surface area contributed by atoms with E-state index in [2.05, 4.69) is 12.2 Å². The fraction of sp³-hybridized carbons (Fsp3) is 1.00. The van der Waals surface area contributed by atoms with Gasteiger partial charge < -0.3 is 10.4 Å². The first kappa shape index (κ1) is 13.0. The highest BCUT2D eigenvalue weighted by molar-refractivity contribution is 4.82. The zero-order valence-corrected chi connectivity index (χ0v) is 10.2. The maximum absolute atomic E-state index is 8.80. The van der Waals surface area contributed by atoms with Crippen LogP contribution < -0.4 is 5.32 Å². The summed E-state index contributed by atoms with van der Waals surface area (Å²) < 4.78 is 0. The van der Waals surface area contributed by atoms with Crippen molar-refractivity contribution in [1.82, 2.24) is 5.32 Å². The van der Waals surface area contributed by atoms with E-state index >= 15 is 0 Å². The van der Waals surface area contributed by atoms with Crippen molar-refractivity contribution < 1.29 is 5.11 Å². The summed E-state index contributed by atoms with van der Waals surface area (Å²) in [6.07, 6.45) is 11.0. The zero-order chi connectivity index (χ0) is 10.9. The molecule has 2 N–H and O–H groups in total. The molecule has 2 nitrogen and oxygen atoms in total. The van der Waals surface area contributed by atoms with Crippen molar-refractivity contribution >= 4 is 0 Å². The third-order valence-electron chi connectivity index (χ3n) is 3.61. The van der Waals surface area contributed by atoms with Crippen molar-refractivity contribution in [2.75, 3.05) is 13.2 Å². The van der Waals surface area contributed by atoms with E-state index in [9.17, 15) is 0 Å². The molecule has 0 spiro atoms. The van der Waals surface area contributed by atoms with Crippen LogP contribution in [0.4, 0.5) is 0 Å². The van der Waals surface area contributed by atoms with E-state index < -0.39 is 0 Å². The van der Waals surface area contributed by atoms with Gasteiger partial charge in [0.2, 0.25) is 0 Å². The summed E-state index contributed by atoms with van der Waals surface area (Å²) in [4.78, 5) is 0. The molecule has 0 saturated heterocycles. The molecule has 0 aliphatic heterocycles. The average molecular weight is 213 g/mol. The third kappa shape index (κ3) is 4.98. The summed E-state index contributed by atoms with van der Waals surface area (Å²) in [6, 6.07) is 0.693. The van der Waals surface area contributed by atoms with E-state index in [1.54, 1.807) is 0 Å². The first-order chi connectivity index (χ1) is 7.38. The van der Waals surface area contributed by atoms with E-state index in [1.807, 2.05) is 0 Å². The molecular weight excluding hydrogens is 186 g/mol. The number of unbranched alkanes of at least 4 members (excludes halogenated alkanes) is 3. The third-order valence-corrected chi connectivity index (χ3v) is 3.61. The van der Waals surface area contributed by atoms with Crippen LogP contribution in [0.2, 0.25) is 0 Å². The Morgan fingerprint density at radius 1 is 1.20 bits per heavy atom. The van der Waals surface area contributed by atoms with Gasteiger partial charge in [0.15, 0.2) is 0 Å². The lowest BCUT2D eigenvalue weighted by Gasteiger charge is -2.20. The van der Waals surface area contributed by atoms with Gasteiger partial charge in [0, 0.05) is 12.6 Å². The smallest absolute Gasteiger partial charge is 0.0556 e. The predicted molar refractivity (Wildman–Crippen MR) is 65.0 cm³/mol. The number of aliphatic hydroxyl groups is 1. The molecule has 2 atom stereocenters. The van der Waals surface area contributed by atoms with Crippen molar-refractivity contribution in [3.05, 3.63) is 0 Å². The average Bonchev–Trinajstić information content (AvgIpc) is 2.69. The maximum atomic E-state index is 8.80. The standard InChI is InChI=1S/C13H27NO/c1-2-3-4-5-7-12-8-6-9-13(12)14-10-11-15/h12-15H,2-11H2,1H3. The lowest BCUT2D eigenvalue weighted by Crippen LogP contribution is -2.34. The van der Waals surface area contributed by atoms with E-state index in [1.165, 1.54) is 51.4 Å². The minimum atomic E-state index is 0.277.